The average Bonchev–Trinajstić information content (AvgIpc) is 2.56. The second kappa shape index (κ2) is 7.95. The molecule has 0 radical (unpaired) electrons. The van der Waals surface area contributed by atoms with E-state index in [0.29, 0.717) is 5.69 Å². The van der Waals surface area contributed by atoms with Crippen LogP contribution in [-0.4, -0.2) is 28.0 Å². The first-order valence-electron chi connectivity index (χ1n) is 7.12. The largest absolute Gasteiger partial charge is 0.495 e. The Hall–Kier alpha value is -1.65. The highest BCUT2D eigenvalue weighted by Gasteiger charge is 2.21. The molecular weight excluding hydrogens is 443 g/mol. The van der Waals surface area contributed by atoms with Gasteiger partial charge in [0, 0.05) is 21.4 Å². The molecule has 0 aliphatic heterocycles. The van der Waals surface area contributed by atoms with Crippen molar-refractivity contribution in [3.8, 4) is 5.75 Å². The summed E-state index contributed by atoms with van der Waals surface area (Å²) in [4.78, 5) is 12.3. The number of methoxy groups -OCH3 is 1. The molecule has 1 amide bonds. The summed E-state index contributed by atoms with van der Waals surface area (Å²) in [7, 11) is -2.36. The van der Waals surface area contributed by atoms with Crippen molar-refractivity contribution in [3.05, 3.63) is 51.6 Å². The summed E-state index contributed by atoms with van der Waals surface area (Å²) in [5.74, 6) is -0.214. The first kappa shape index (κ1) is 18.7. The smallest absolute Gasteiger partial charge is 0.255 e. The topological polar surface area (TPSA) is 84.5 Å². The molecule has 0 aliphatic rings. The minimum atomic E-state index is -3.74. The lowest BCUT2D eigenvalue weighted by molar-refractivity contribution is 0.102. The number of rotatable bonds is 6. The second-order valence-corrected chi connectivity index (χ2v) is 7.81. The minimum absolute atomic E-state index is 0.0675. The van der Waals surface area contributed by atoms with Gasteiger partial charge in [-0.1, -0.05) is 6.92 Å². The van der Waals surface area contributed by atoms with Gasteiger partial charge in [0.25, 0.3) is 5.91 Å². The third-order valence-electron chi connectivity index (χ3n) is 3.15. The molecule has 0 aromatic heterocycles. The van der Waals surface area contributed by atoms with Crippen LogP contribution in [0.3, 0.4) is 0 Å². The van der Waals surface area contributed by atoms with Crippen LogP contribution in [0.15, 0.2) is 47.4 Å². The second-order valence-electron chi connectivity index (χ2n) is 4.83. The Kier molecular flexibility index (Phi) is 6.19. The van der Waals surface area contributed by atoms with Crippen LogP contribution in [0.25, 0.3) is 0 Å². The van der Waals surface area contributed by atoms with Gasteiger partial charge in [-0.3, -0.25) is 4.79 Å². The summed E-state index contributed by atoms with van der Waals surface area (Å²) in [6.07, 6.45) is 0. The van der Waals surface area contributed by atoms with E-state index >= 15 is 0 Å². The molecule has 24 heavy (non-hydrogen) atoms. The monoisotopic (exact) mass is 460 g/mol. The lowest BCUT2D eigenvalue weighted by Crippen LogP contribution is -2.24. The van der Waals surface area contributed by atoms with Crippen molar-refractivity contribution in [2.45, 2.75) is 11.8 Å². The van der Waals surface area contributed by atoms with E-state index in [2.05, 4.69) is 32.6 Å². The van der Waals surface area contributed by atoms with Crippen LogP contribution in [0.2, 0.25) is 0 Å². The van der Waals surface area contributed by atoms with E-state index in [1.807, 2.05) is 12.1 Å². The van der Waals surface area contributed by atoms with Crippen molar-refractivity contribution in [2.75, 3.05) is 19.0 Å². The predicted octanol–water partition coefficient (Wildman–Crippen LogP) is 2.85. The number of sulfonamides is 1. The van der Waals surface area contributed by atoms with Gasteiger partial charge in [-0.05, 0) is 65.1 Å². The van der Waals surface area contributed by atoms with E-state index in [1.54, 1.807) is 19.1 Å². The summed E-state index contributed by atoms with van der Waals surface area (Å²) in [5, 5.41) is 2.74. The molecule has 128 valence electrons. The number of benzene rings is 2. The number of halogens is 1. The van der Waals surface area contributed by atoms with Gasteiger partial charge in [-0.2, -0.15) is 0 Å². The molecule has 2 N–H and O–H groups in total. The molecule has 0 spiro atoms. The third-order valence-corrected chi connectivity index (χ3v) is 5.44. The zero-order chi connectivity index (χ0) is 17.7. The number of hydrogen-bond donors (Lipinski definition) is 2. The average molecular weight is 460 g/mol. The van der Waals surface area contributed by atoms with Crippen molar-refractivity contribution >= 4 is 44.2 Å². The third kappa shape index (κ3) is 4.46. The number of carbonyl (C=O) groups excluding carboxylic acids is 1. The molecule has 2 rings (SSSR count). The summed E-state index contributed by atoms with van der Waals surface area (Å²) >= 11 is 2.17. The highest BCUT2D eigenvalue weighted by Crippen LogP contribution is 2.25. The number of ether oxygens (including phenoxy) is 1. The molecule has 0 heterocycles. The summed E-state index contributed by atoms with van der Waals surface area (Å²) in [6, 6.07) is 11.6. The fourth-order valence-electron chi connectivity index (χ4n) is 2.03. The quantitative estimate of drug-likeness (QED) is 0.650. The van der Waals surface area contributed by atoms with Gasteiger partial charge in [0.1, 0.15) is 10.6 Å². The van der Waals surface area contributed by atoms with Crippen molar-refractivity contribution < 1.29 is 17.9 Å². The molecule has 0 bridgehead atoms. The maximum Gasteiger partial charge on any atom is 0.255 e. The van der Waals surface area contributed by atoms with Crippen LogP contribution in [0.4, 0.5) is 5.69 Å². The molecule has 2 aromatic rings. The van der Waals surface area contributed by atoms with Gasteiger partial charge < -0.3 is 10.1 Å². The van der Waals surface area contributed by atoms with E-state index in [-0.39, 0.29) is 22.8 Å². The van der Waals surface area contributed by atoms with E-state index in [0.717, 1.165) is 3.57 Å². The van der Waals surface area contributed by atoms with E-state index < -0.39 is 15.9 Å². The Morgan fingerprint density at radius 2 is 1.83 bits per heavy atom. The summed E-state index contributed by atoms with van der Waals surface area (Å²) in [6.45, 7) is 1.92. The Morgan fingerprint density at radius 3 is 2.42 bits per heavy atom. The molecule has 2 aromatic carbocycles. The van der Waals surface area contributed by atoms with Crippen molar-refractivity contribution in [2.24, 2.45) is 0 Å². The van der Waals surface area contributed by atoms with Crippen LogP contribution in [0, 0.1) is 3.57 Å². The lowest BCUT2D eigenvalue weighted by atomic mass is 10.2. The van der Waals surface area contributed by atoms with Crippen LogP contribution < -0.4 is 14.8 Å². The highest BCUT2D eigenvalue weighted by atomic mass is 127. The van der Waals surface area contributed by atoms with Gasteiger partial charge in [0.15, 0.2) is 0 Å². The first-order chi connectivity index (χ1) is 11.4. The first-order valence-corrected chi connectivity index (χ1v) is 9.68. The molecule has 0 unspecified atom stereocenters. The summed E-state index contributed by atoms with van der Waals surface area (Å²) < 4.78 is 33.1. The van der Waals surface area contributed by atoms with Gasteiger partial charge in [-0.25, -0.2) is 13.1 Å². The molecular formula is C16H17IN2O4S. The van der Waals surface area contributed by atoms with Crippen LogP contribution in [-0.2, 0) is 10.0 Å². The SMILES string of the molecule is CCNS(=O)(=O)c1cc(C(=O)Nc2ccc(I)cc2)ccc1OC. The van der Waals surface area contributed by atoms with E-state index in [9.17, 15) is 13.2 Å². The number of amides is 1. The Labute approximate surface area is 154 Å². The normalized spacial score (nSPS) is 11.1. The Balaban J connectivity index is 2.34. The molecule has 6 nitrogen and oxygen atoms in total. The Morgan fingerprint density at radius 1 is 1.17 bits per heavy atom. The Bertz CT molecular complexity index is 836. The predicted molar refractivity (Wildman–Crippen MR) is 101 cm³/mol. The standard InChI is InChI=1S/C16H17IN2O4S/c1-3-18-24(21,22)15-10-11(4-9-14(15)23-2)16(20)19-13-7-5-12(17)6-8-13/h4-10,18H,3H2,1-2H3,(H,19,20). The van der Waals surface area contributed by atoms with E-state index in [4.69, 9.17) is 4.74 Å². The van der Waals surface area contributed by atoms with E-state index in [1.165, 1.54) is 25.3 Å². The molecule has 0 saturated carbocycles. The fraction of sp³-hybridized carbons (Fsp3) is 0.188. The number of hydrogen-bond acceptors (Lipinski definition) is 4. The molecule has 0 saturated heterocycles. The number of anilines is 1. The minimum Gasteiger partial charge on any atom is -0.495 e. The maximum absolute atomic E-state index is 12.4. The van der Waals surface area contributed by atoms with Crippen LogP contribution >= 0.6 is 22.6 Å². The maximum atomic E-state index is 12.4. The molecule has 0 atom stereocenters. The van der Waals surface area contributed by atoms with Crippen molar-refractivity contribution in [1.29, 1.82) is 0 Å². The highest BCUT2D eigenvalue weighted by molar-refractivity contribution is 14.1. The van der Waals surface area contributed by atoms with Crippen molar-refractivity contribution in [3.63, 3.8) is 0 Å². The van der Waals surface area contributed by atoms with Gasteiger partial charge in [-0.15, -0.1) is 0 Å². The zero-order valence-electron chi connectivity index (χ0n) is 13.2. The van der Waals surface area contributed by atoms with Crippen LogP contribution in [0.5, 0.6) is 5.75 Å². The lowest BCUT2D eigenvalue weighted by Gasteiger charge is -2.12. The summed E-state index contributed by atoms with van der Waals surface area (Å²) in [5.41, 5.74) is 0.859. The molecule has 0 aliphatic carbocycles. The van der Waals surface area contributed by atoms with Gasteiger partial charge in [0.05, 0.1) is 7.11 Å². The van der Waals surface area contributed by atoms with Crippen molar-refractivity contribution in [1.82, 2.24) is 4.72 Å². The van der Waals surface area contributed by atoms with Crippen LogP contribution in [0.1, 0.15) is 17.3 Å². The zero-order valence-corrected chi connectivity index (χ0v) is 16.1. The number of carbonyl (C=O) groups is 1. The number of nitrogens with one attached hydrogen (secondary N) is 2. The molecule has 0 fully saturated rings. The van der Waals surface area contributed by atoms with Gasteiger partial charge >= 0.3 is 0 Å². The van der Waals surface area contributed by atoms with Gasteiger partial charge in [0.2, 0.25) is 10.0 Å². The molecule has 8 heteroatoms. The fourth-order valence-corrected chi connectivity index (χ4v) is 3.63.